The third-order valence-electron chi connectivity index (χ3n) is 5.29. The molecule has 0 spiro atoms. The summed E-state index contributed by atoms with van der Waals surface area (Å²) in [6.45, 7) is 4.94. The number of rotatable bonds is 6. The fourth-order valence-electron chi connectivity index (χ4n) is 4.25. The van der Waals surface area contributed by atoms with Gasteiger partial charge in [0.2, 0.25) is 0 Å². The van der Waals surface area contributed by atoms with E-state index in [1.807, 2.05) is 0 Å². The summed E-state index contributed by atoms with van der Waals surface area (Å²) in [5.41, 5.74) is -0.450. The van der Waals surface area contributed by atoms with Gasteiger partial charge < -0.3 is 10.1 Å². The first-order valence-corrected chi connectivity index (χ1v) is 7.77. The van der Waals surface area contributed by atoms with Crippen LogP contribution in [0.5, 0.6) is 0 Å². The molecule has 3 fully saturated rings. The lowest BCUT2D eigenvalue weighted by Crippen LogP contribution is -2.62. The minimum atomic E-state index is -0.450. The molecule has 0 aromatic heterocycles. The topological polar surface area (TPSA) is 41.6 Å². The Balaban J connectivity index is 1.76. The van der Waals surface area contributed by atoms with Gasteiger partial charge in [-0.3, -0.25) is 4.90 Å². The number of piperidine rings is 1. The summed E-state index contributed by atoms with van der Waals surface area (Å²) >= 11 is 0. The monoisotopic (exact) mass is 266 g/mol. The van der Waals surface area contributed by atoms with E-state index in [1.165, 1.54) is 32.9 Å². The van der Waals surface area contributed by atoms with E-state index in [1.54, 1.807) is 0 Å². The molecule has 0 radical (unpaired) electrons. The Hall–Kier alpha value is -0.610. The number of fused-ring (bicyclic) bond motifs is 2. The Labute approximate surface area is 115 Å². The first kappa shape index (κ1) is 13.4. The molecule has 3 rings (SSSR count). The Bertz CT molecular complexity index is 356. The Morgan fingerprint density at radius 3 is 2.63 bits per heavy atom. The summed E-state index contributed by atoms with van der Waals surface area (Å²) in [5, 5.41) is 3.48. The molecule has 0 aromatic rings. The van der Waals surface area contributed by atoms with Gasteiger partial charge in [-0.15, -0.1) is 0 Å². The SMILES string of the molecule is CCNC(CN1CC2CCC1C2)(C(=O)OC)C1CC1. The van der Waals surface area contributed by atoms with Crippen LogP contribution in [0.15, 0.2) is 0 Å². The number of esters is 1. The molecule has 0 amide bonds. The molecule has 19 heavy (non-hydrogen) atoms. The van der Waals surface area contributed by atoms with Gasteiger partial charge in [0, 0.05) is 19.1 Å². The number of hydrogen-bond acceptors (Lipinski definition) is 4. The molecule has 3 unspecified atom stereocenters. The van der Waals surface area contributed by atoms with Crippen molar-refractivity contribution in [2.24, 2.45) is 11.8 Å². The molecule has 2 saturated carbocycles. The average molecular weight is 266 g/mol. The first-order valence-electron chi connectivity index (χ1n) is 7.77. The van der Waals surface area contributed by atoms with E-state index in [4.69, 9.17) is 4.74 Å². The zero-order valence-corrected chi connectivity index (χ0v) is 12.2. The number of carbonyl (C=O) groups excluding carboxylic acids is 1. The van der Waals surface area contributed by atoms with Gasteiger partial charge in [0.25, 0.3) is 0 Å². The molecule has 1 saturated heterocycles. The second-order valence-corrected chi connectivity index (χ2v) is 6.53. The van der Waals surface area contributed by atoms with Crippen molar-refractivity contribution in [3.05, 3.63) is 0 Å². The number of nitrogens with zero attached hydrogens (tertiary/aromatic N) is 1. The quantitative estimate of drug-likeness (QED) is 0.738. The van der Waals surface area contributed by atoms with Crippen LogP contribution < -0.4 is 5.32 Å². The van der Waals surface area contributed by atoms with E-state index in [9.17, 15) is 4.79 Å². The highest BCUT2D eigenvalue weighted by molar-refractivity contribution is 5.82. The van der Waals surface area contributed by atoms with Crippen molar-refractivity contribution in [3.63, 3.8) is 0 Å². The smallest absolute Gasteiger partial charge is 0.327 e. The van der Waals surface area contributed by atoms with Crippen LogP contribution in [0.2, 0.25) is 0 Å². The molecule has 4 nitrogen and oxygen atoms in total. The minimum absolute atomic E-state index is 0.0559. The number of carbonyl (C=O) groups is 1. The van der Waals surface area contributed by atoms with Gasteiger partial charge >= 0.3 is 5.97 Å². The second kappa shape index (κ2) is 5.06. The summed E-state index contributed by atoms with van der Waals surface area (Å²) in [4.78, 5) is 14.9. The number of likely N-dealkylation sites (N-methyl/N-ethyl adjacent to an activating group) is 1. The van der Waals surface area contributed by atoms with Crippen LogP contribution in [-0.2, 0) is 9.53 Å². The Kier molecular flexibility index (Phi) is 3.56. The Morgan fingerprint density at radius 1 is 1.37 bits per heavy atom. The molecular weight excluding hydrogens is 240 g/mol. The van der Waals surface area contributed by atoms with Gasteiger partial charge in [0.15, 0.2) is 0 Å². The van der Waals surface area contributed by atoms with Crippen LogP contribution in [0, 0.1) is 11.8 Å². The predicted octanol–water partition coefficient (Wildman–Crippen LogP) is 1.40. The van der Waals surface area contributed by atoms with Gasteiger partial charge in [-0.1, -0.05) is 6.92 Å². The van der Waals surface area contributed by atoms with E-state index in [-0.39, 0.29) is 5.97 Å². The molecule has 3 aliphatic rings. The van der Waals surface area contributed by atoms with Gasteiger partial charge in [-0.25, -0.2) is 4.79 Å². The third kappa shape index (κ3) is 2.29. The van der Waals surface area contributed by atoms with Crippen molar-refractivity contribution in [2.45, 2.75) is 50.6 Å². The van der Waals surface area contributed by atoms with Crippen molar-refractivity contribution in [1.82, 2.24) is 10.2 Å². The van der Waals surface area contributed by atoms with Crippen LogP contribution in [0.3, 0.4) is 0 Å². The summed E-state index contributed by atoms with van der Waals surface area (Å²) in [7, 11) is 1.52. The normalized spacial score (nSPS) is 33.4. The largest absolute Gasteiger partial charge is 0.468 e. The summed E-state index contributed by atoms with van der Waals surface area (Å²) < 4.78 is 5.13. The van der Waals surface area contributed by atoms with Crippen molar-refractivity contribution < 1.29 is 9.53 Å². The minimum Gasteiger partial charge on any atom is -0.468 e. The molecule has 3 atom stereocenters. The van der Waals surface area contributed by atoms with Gasteiger partial charge in [-0.05, 0) is 50.5 Å². The van der Waals surface area contributed by atoms with Gasteiger partial charge in [0.1, 0.15) is 5.54 Å². The summed E-state index contributed by atoms with van der Waals surface area (Å²) in [5.74, 6) is 1.29. The van der Waals surface area contributed by atoms with E-state index in [0.29, 0.717) is 12.0 Å². The van der Waals surface area contributed by atoms with E-state index in [2.05, 4.69) is 17.1 Å². The van der Waals surface area contributed by atoms with Crippen LogP contribution in [0.4, 0.5) is 0 Å². The zero-order valence-electron chi connectivity index (χ0n) is 12.2. The number of hydrogen-bond donors (Lipinski definition) is 1. The van der Waals surface area contributed by atoms with Gasteiger partial charge in [0.05, 0.1) is 7.11 Å². The molecule has 1 heterocycles. The highest BCUT2D eigenvalue weighted by atomic mass is 16.5. The highest BCUT2D eigenvalue weighted by Crippen LogP contribution is 2.44. The summed E-state index contributed by atoms with van der Waals surface area (Å²) in [6.07, 6.45) is 6.36. The van der Waals surface area contributed by atoms with Crippen molar-refractivity contribution in [3.8, 4) is 0 Å². The van der Waals surface area contributed by atoms with Gasteiger partial charge in [-0.2, -0.15) is 0 Å². The predicted molar refractivity (Wildman–Crippen MR) is 73.8 cm³/mol. The lowest BCUT2D eigenvalue weighted by atomic mass is 9.91. The van der Waals surface area contributed by atoms with E-state index in [0.717, 1.165) is 31.8 Å². The van der Waals surface area contributed by atoms with Crippen molar-refractivity contribution >= 4 is 5.97 Å². The van der Waals surface area contributed by atoms with Crippen LogP contribution in [0.25, 0.3) is 0 Å². The highest BCUT2D eigenvalue weighted by Gasteiger charge is 2.54. The molecular formula is C15H26N2O2. The van der Waals surface area contributed by atoms with Crippen molar-refractivity contribution in [2.75, 3.05) is 26.7 Å². The maximum absolute atomic E-state index is 12.4. The lowest BCUT2D eigenvalue weighted by Gasteiger charge is -2.38. The third-order valence-corrected chi connectivity index (χ3v) is 5.29. The molecule has 0 aromatic carbocycles. The maximum Gasteiger partial charge on any atom is 0.327 e. The molecule has 108 valence electrons. The van der Waals surface area contributed by atoms with Crippen LogP contribution >= 0.6 is 0 Å². The van der Waals surface area contributed by atoms with Crippen LogP contribution in [0.1, 0.15) is 39.0 Å². The molecule has 2 aliphatic carbocycles. The fourth-order valence-corrected chi connectivity index (χ4v) is 4.25. The lowest BCUT2D eigenvalue weighted by molar-refractivity contribution is -0.151. The zero-order chi connectivity index (χ0) is 13.5. The molecule has 1 N–H and O–H groups in total. The summed E-state index contributed by atoms with van der Waals surface area (Å²) in [6, 6.07) is 0.714. The average Bonchev–Trinajstić information content (AvgIpc) is 3.08. The first-order chi connectivity index (χ1) is 9.19. The number of likely N-dealkylation sites (tertiary alicyclic amines) is 1. The number of nitrogens with one attached hydrogen (secondary N) is 1. The van der Waals surface area contributed by atoms with Crippen molar-refractivity contribution in [1.29, 1.82) is 0 Å². The Morgan fingerprint density at radius 2 is 2.16 bits per heavy atom. The molecule has 4 heteroatoms. The standard InChI is InChI=1S/C15H26N2O2/c1-3-16-15(12-5-6-12,14(18)19-2)10-17-9-11-4-7-13(17)8-11/h11-13,16H,3-10H2,1-2H3. The number of ether oxygens (including phenoxy) is 1. The maximum atomic E-state index is 12.4. The molecule has 2 bridgehead atoms. The van der Waals surface area contributed by atoms with E-state index < -0.39 is 5.54 Å². The van der Waals surface area contributed by atoms with Crippen LogP contribution in [-0.4, -0.2) is 49.2 Å². The fraction of sp³-hybridized carbons (Fsp3) is 0.933. The molecule has 1 aliphatic heterocycles. The number of methoxy groups -OCH3 is 1. The van der Waals surface area contributed by atoms with E-state index >= 15 is 0 Å². The second-order valence-electron chi connectivity index (χ2n) is 6.53.